The zero-order chi connectivity index (χ0) is 23.9. The van der Waals surface area contributed by atoms with Gasteiger partial charge >= 0.3 is 0 Å². The molecule has 5 rings (SSSR count). The van der Waals surface area contributed by atoms with Gasteiger partial charge in [0, 0.05) is 54.8 Å². The van der Waals surface area contributed by atoms with Crippen LogP contribution in [0, 0.1) is 0 Å². The van der Waals surface area contributed by atoms with Crippen molar-refractivity contribution in [2.24, 2.45) is 7.05 Å². The highest BCUT2D eigenvalue weighted by Gasteiger charge is 2.49. The lowest BCUT2D eigenvalue weighted by molar-refractivity contribution is -0.141. The van der Waals surface area contributed by atoms with Crippen molar-refractivity contribution in [1.82, 2.24) is 19.4 Å². The zero-order valence-electron chi connectivity index (χ0n) is 20.0. The summed E-state index contributed by atoms with van der Waals surface area (Å²) in [4.78, 5) is 21.9. The second-order valence-corrected chi connectivity index (χ2v) is 10.3. The lowest BCUT2D eigenvalue weighted by atomic mass is 9.68. The van der Waals surface area contributed by atoms with Crippen molar-refractivity contribution in [3.63, 3.8) is 0 Å². The van der Waals surface area contributed by atoms with Gasteiger partial charge in [0.05, 0.1) is 31.8 Å². The van der Waals surface area contributed by atoms with Crippen LogP contribution >= 0.6 is 11.3 Å². The van der Waals surface area contributed by atoms with E-state index < -0.39 is 6.04 Å². The van der Waals surface area contributed by atoms with Crippen LogP contribution in [0.4, 0.5) is 0 Å². The number of carbonyl (C=O) groups excluding carboxylic acids is 1. The minimum absolute atomic E-state index is 0.00977. The van der Waals surface area contributed by atoms with Crippen LogP contribution in [0.25, 0.3) is 10.9 Å². The van der Waals surface area contributed by atoms with Crippen LogP contribution in [0.2, 0.25) is 0 Å². The molecule has 9 heteroatoms. The SMILES string of the molecule is COCC(=O)N1CC2(CCN(Cc3nccs3)CC2)c2c(n(C)c3cc(OC)ccc23)[C@@H]1CO. The van der Waals surface area contributed by atoms with Crippen molar-refractivity contribution < 1.29 is 19.4 Å². The van der Waals surface area contributed by atoms with Crippen molar-refractivity contribution in [3.8, 4) is 5.75 Å². The van der Waals surface area contributed by atoms with Crippen LogP contribution in [0.5, 0.6) is 5.75 Å². The Morgan fingerprint density at radius 1 is 1.29 bits per heavy atom. The van der Waals surface area contributed by atoms with Gasteiger partial charge in [-0.3, -0.25) is 9.69 Å². The van der Waals surface area contributed by atoms with Gasteiger partial charge in [0.15, 0.2) is 0 Å². The Labute approximate surface area is 203 Å². The standard InChI is InChI=1S/C25H32N4O4S/c1-27-19-12-17(33-3)4-5-18(19)23-24(27)20(14-30)29(22(31)15-32-2)16-25(23)6-9-28(10-7-25)13-21-26-8-11-34-21/h4-5,8,11-12,20,30H,6-7,9-10,13-16H2,1-3H3/t20-/m0/s1. The summed E-state index contributed by atoms with van der Waals surface area (Å²) >= 11 is 1.69. The molecule has 1 atom stereocenters. The van der Waals surface area contributed by atoms with Crippen LogP contribution < -0.4 is 4.74 Å². The second-order valence-electron chi connectivity index (χ2n) is 9.34. The fraction of sp³-hybridized carbons (Fsp3) is 0.520. The van der Waals surface area contributed by atoms with E-state index in [0.717, 1.165) is 54.4 Å². The number of aliphatic hydroxyl groups excluding tert-OH is 1. The lowest BCUT2D eigenvalue weighted by Crippen LogP contribution is -2.56. The number of rotatable bonds is 6. The number of ether oxygens (including phenoxy) is 2. The van der Waals surface area contributed by atoms with Gasteiger partial charge in [-0.1, -0.05) is 0 Å². The third-order valence-corrected chi connectivity index (χ3v) is 8.33. The maximum Gasteiger partial charge on any atom is 0.249 e. The fourth-order valence-electron chi connectivity index (χ4n) is 5.90. The number of fused-ring (bicyclic) bond motifs is 4. The van der Waals surface area contributed by atoms with Gasteiger partial charge in [-0.15, -0.1) is 11.3 Å². The molecule has 0 bridgehead atoms. The molecule has 0 unspecified atom stereocenters. The van der Waals surface area contributed by atoms with E-state index in [-0.39, 0.29) is 24.5 Å². The van der Waals surface area contributed by atoms with Gasteiger partial charge in [-0.25, -0.2) is 4.98 Å². The number of aromatic nitrogens is 2. The summed E-state index contributed by atoms with van der Waals surface area (Å²) in [6, 6.07) is 5.79. The number of thiazole rings is 1. The van der Waals surface area contributed by atoms with E-state index in [1.54, 1.807) is 18.4 Å². The first kappa shape index (κ1) is 23.3. The number of hydrogen-bond donors (Lipinski definition) is 1. The molecular formula is C25H32N4O4S. The molecule has 3 aromatic rings. The Balaban J connectivity index is 1.59. The zero-order valence-corrected chi connectivity index (χ0v) is 20.8. The monoisotopic (exact) mass is 484 g/mol. The molecular weight excluding hydrogens is 452 g/mol. The Morgan fingerprint density at radius 3 is 2.74 bits per heavy atom. The quantitative estimate of drug-likeness (QED) is 0.580. The molecule has 1 fully saturated rings. The van der Waals surface area contributed by atoms with Crippen molar-refractivity contribution in [3.05, 3.63) is 46.0 Å². The van der Waals surface area contributed by atoms with Gasteiger partial charge in [0.1, 0.15) is 17.4 Å². The molecule has 4 heterocycles. The Morgan fingerprint density at radius 2 is 2.09 bits per heavy atom. The molecule has 2 aliphatic rings. The number of methoxy groups -OCH3 is 2. The number of hydrogen-bond acceptors (Lipinski definition) is 7. The lowest BCUT2D eigenvalue weighted by Gasteiger charge is -2.50. The number of piperidine rings is 1. The molecule has 34 heavy (non-hydrogen) atoms. The highest BCUT2D eigenvalue weighted by atomic mass is 32.1. The smallest absolute Gasteiger partial charge is 0.249 e. The summed E-state index contributed by atoms with van der Waals surface area (Å²) in [5, 5.41) is 14.8. The maximum absolute atomic E-state index is 13.1. The largest absolute Gasteiger partial charge is 0.497 e. The number of nitrogens with zero attached hydrogens (tertiary/aromatic N) is 4. The van der Waals surface area contributed by atoms with Gasteiger partial charge in [0.2, 0.25) is 5.91 Å². The van der Waals surface area contributed by atoms with E-state index in [2.05, 4.69) is 26.6 Å². The number of aliphatic hydroxyl groups is 1. The molecule has 0 radical (unpaired) electrons. The van der Waals surface area contributed by atoms with E-state index in [0.29, 0.717) is 6.54 Å². The summed E-state index contributed by atoms with van der Waals surface area (Å²) in [6.45, 7) is 3.19. The number of likely N-dealkylation sites (tertiary alicyclic amines) is 1. The van der Waals surface area contributed by atoms with Gasteiger partial charge in [0.25, 0.3) is 0 Å². The molecule has 1 N–H and O–H groups in total. The minimum Gasteiger partial charge on any atom is -0.497 e. The highest BCUT2D eigenvalue weighted by Crippen LogP contribution is 2.50. The second kappa shape index (κ2) is 9.30. The van der Waals surface area contributed by atoms with Crippen molar-refractivity contribution in [2.45, 2.75) is 30.8 Å². The summed E-state index contributed by atoms with van der Waals surface area (Å²) in [5.74, 6) is 0.713. The van der Waals surface area contributed by atoms with Crippen molar-refractivity contribution in [1.29, 1.82) is 0 Å². The van der Waals surface area contributed by atoms with Gasteiger partial charge in [-0.2, -0.15) is 0 Å². The van der Waals surface area contributed by atoms with Crippen LogP contribution in [0.3, 0.4) is 0 Å². The van der Waals surface area contributed by atoms with Gasteiger partial charge in [-0.05, 0) is 43.6 Å². The average Bonchev–Trinajstić information content (AvgIpc) is 3.47. The normalized spacial score (nSPS) is 20.1. The number of benzene rings is 1. The molecule has 1 aromatic carbocycles. The van der Waals surface area contributed by atoms with Gasteiger partial charge < -0.3 is 24.0 Å². The van der Waals surface area contributed by atoms with Crippen molar-refractivity contribution in [2.75, 3.05) is 47.1 Å². The molecule has 2 aromatic heterocycles. The van der Waals surface area contributed by atoms with E-state index in [4.69, 9.17) is 9.47 Å². The fourth-order valence-corrected chi connectivity index (χ4v) is 6.55. The number of amides is 1. The molecule has 2 aliphatic heterocycles. The van der Waals surface area contributed by atoms with Crippen molar-refractivity contribution >= 4 is 28.1 Å². The first-order valence-electron chi connectivity index (χ1n) is 11.7. The Hall–Kier alpha value is -2.46. The van der Waals surface area contributed by atoms with E-state index in [1.165, 1.54) is 18.1 Å². The third-order valence-electron chi connectivity index (χ3n) is 7.56. The minimum atomic E-state index is -0.403. The van der Waals surface area contributed by atoms with E-state index in [1.807, 2.05) is 29.6 Å². The average molecular weight is 485 g/mol. The Kier molecular flexibility index (Phi) is 6.37. The third kappa shape index (κ3) is 3.80. The van der Waals surface area contributed by atoms with Crippen LogP contribution in [0.15, 0.2) is 29.8 Å². The summed E-state index contributed by atoms with van der Waals surface area (Å²) in [7, 11) is 5.24. The predicted molar refractivity (Wildman–Crippen MR) is 131 cm³/mol. The Bertz CT molecular complexity index is 1170. The molecule has 182 valence electrons. The van der Waals surface area contributed by atoms with E-state index >= 15 is 0 Å². The molecule has 1 spiro atoms. The predicted octanol–water partition coefficient (Wildman–Crippen LogP) is 2.70. The molecule has 0 saturated carbocycles. The topological polar surface area (TPSA) is 80.1 Å². The first-order valence-corrected chi connectivity index (χ1v) is 12.6. The van der Waals surface area contributed by atoms with E-state index in [9.17, 15) is 9.90 Å². The number of carbonyl (C=O) groups is 1. The van der Waals surface area contributed by atoms with Crippen LogP contribution in [0.1, 0.15) is 35.1 Å². The number of aryl methyl sites for hydroxylation is 1. The summed E-state index contributed by atoms with van der Waals surface area (Å²) < 4.78 is 12.8. The summed E-state index contributed by atoms with van der Waals surface area (Å²) in [5.41, 5.74) is 3.18. The maximum atomic E-state index is 13.1. The van der Waals surface area contributed by atoms with Crippen LogP contribution in [-0.2, 0) is 28.5 Å². The molecule has 0 aliphatic carbocycles. The highest BCUT2D eigenvalue weighted by molar-refractivity contribution is 7.09. The first-order chi connectivity index (χ1) is 16.5. The van der Waals surface area contributed by atoms with Crippen LogP contribution in [-0.4, -0.2) is 77.4 Å². The molecule has 1 saturated heterocycles. The summed E-state index contributed by atoms with van der Waals surface area (Å²) in [6.07, 6.45) is 3.73. The molecule has 1 amide bonds. The molecule has 8 nitrogen and oxygen atoms in total.